The number of rotatable bonds is 11. The first-order valence-electron chi connectivity index (χ1n) is 13.1. The van der Waals surface area contributed by atoms with Gasteiger partial charge < -0.3 is 20.1 Å². The summed E-state index contributed by atoms with van der Waals surface area (Å²) in [6.07, 6.45) is 10.6. The fraction of sp³-hybridized carbons (Fsp3) is 0.379. The number of nitrogens with one attached hydrogen (secondary N) is 2. The Morgan fingerprint density at radius 1 is 1.15 bits per heavy atom. The molecule has 0 aliphatic heterocycles. The first-order valence-corrected chi connectivity index (χ1v) is 13.9. The number of hydrogen-bond donors (Lipinski definition) is 2. The molecule has 3 aromatic rings. The van der Waals surface area contributed by atoms with Crippen LogP contribution in [0.2, 0.25) is 0 Å². The predicted molar refractivity (Wildman–Crippen MR) is 156 cm³/mol. The Morgan fingerprint density at radius 2 is 1.97 bits per heavy atom. The number of methoxy groups -OCH3 is 1. The maximum Gasteiger partial charge on any atom is 0.320 e. The van der Waals surface area contributed by atoms with Crippen LogP contribution in [0.25, 0.3) is 10.9 Å². The molecule has 0 unspecified atom stereocenters. The zero-order valence-corrected chi connectivity index (χ0v) is 23.9. The molecule has 206 valence electrons. The van der Waals surface area contributed by atoms with Crippen molar-refractivity contribution in [2.45, 2.75) is 32.1 Å². The molecule has 1 aliphatic rings. The van der Waals surface area contributed by atoms with E-state index in [9.17, 15) is 9.59 Å². The molecule has 1 heterocycles. The van der Waals surface area contributed by atoms with Gasteiger partial charge in [0.05, 0.1) is 31.5 Å². The summed E-state index contributed by atoms with van der Waals surface area (Å²) in [6.45, 7) is 1.10. The Morgan fingerprint density at radius 3 is 2.74 bits per heavy atom. The van der Waals surface area contributed by atoms with Crippen molar-refractivity contribution in [2.75, 3.05) is 44.5 Å². The van der Waals surface area contributed by atoms with Crippen LogP contribution in [0.4, 0.5) is 17.2 Å². The summed E-state index contributed by atoms with van der Waals surface area (Å²) >= 11 is 3.48. The van der Waals surface area contributed by atoms with Crippen LogP contribution in [-0.4, -0.2) is 60.6 Å². The van der Waals surface area contributed by atoms with Gasteiger partial charge in [-0.05, 0) is 50.1 Å². The quantitative estimate of drug-likeness (QED) is 0.215. The van der Waals surface area contributed by atoms with Crippen molar-refractivity contribution in [1.82, 2.24) is 14.9 Å². The highest BCUT2D eigenvalue weighted by atomic mass is 79.9. The fourth-order valence-corrected chi connectivity index (χ4v) is 4.96. The Bertz CT molecular complexity index is 1330. The topological polar surface area (TPSA) is 106 Å². The minimum atomic E-state index is -0.320. The molecule has 4 rings (SSSR count). The zero-order chi connectivity index (χ0) is 27.6. The summed E-state index contributed by atoms with van der Waals surface area (Å²) in [5.41, 5.74) is 2.02. The molecule has 1 fully saturated rings. The van der Waals surface area contributed by atoms with E-state index < -0.39 is 0 Å². The lowest BCUT2D eigenvalue weighted by Crippen LogP contribution is -2.29. The van der Waals surface area contributed by atoms with Crippen molar-refractivity contribution in [1.29, 1.82) is 0 Å². The summed E-state index contributed by atoms with van der Waals surface area (Å²) in [6, 6.07) is 11.3. The van der Waals surface area contributed by atoms with Gasteiger partial charge in [-0.2, -0.15) is 0 Å². The number of carbonyl (C=O) groups is 2. The number of esters is 1. The number of ether oxygens (including phenoxy) is 2. The summed E-state index contributed by atoms with van der Waals surface area (Å²) in [5.74, 6) is 1.01. The maximum absolute atomic E-state index is 12.7. The molecule has 0 bridgehead atoms. The zero-order valence-electron chi connectivity index (χ0n) is 22.3. The van der Waals surface area contributed by atoms with E-state index in [1.807, 2.05) is 31.3 Å². The van der Waals surface area contributed by atoms with Gasteiger partial charge in [-0.15, -0.1) is 0 Å². The Hall–Kier alpha value is -3.50. The van der Waals surface area contributed by atoms with E-state index in [0.29, 0.717) is 41.8 Å². The molecule has 1 aromatic heterocycles. The SMILES string of the molecule is COc1cc2ncnc(Nc3cccc(Br)c3)c2cc1NC(=O)/C=C/CN(C)CC(=O)OCC1CCCCC1. The molecule has 0 spiro atoms. The van der Waals surface area contributed by atoms with Gasteiger partial charge in [0.1, 0.15) is 17.9 Å². The molecule has 0 saturated heterocycles. The molecular weight excluding hydrogens is 562 g/mol. The Kier molecular flexibility index (Phi) is 10.3. The summed E-state index contributed by atoms with van der Waals surface area (Å²) in [7, 11) is 3.35. The summed E-state index contributed by atoms with van der Waals surface area (Å²) in [5, 5.41) is 6.90. The standard InChI is InChI=1S/C29H34BrN5O4/c1-35(17-28(37)39-18-20-8-4-3-5-9-20)13-7-12-27(36)34-25-15-23-24(16-26(25)38-2)31-19-32-29(23)33-22-11-6-10-21(30)14-22/h6-7,10-12,14-16,19-20H,3-5,8-9,13,17-18H2,1-2H3,(H,34,36)(H,31,32,33)/b12-7+. The van der Waals surface area contributed by atoms with E-state index in [1.54, 1.807) is 23.1 Å². The van der Waals surface area contributed by atoms with Crippen LogP contribution in [0, 0.1) is 5.92 Å². The number of amides is 1. The average Bonchev–Trinajstić information content (AvgIpc) is 2.92. The molecule has 0 radical (unpaired) electrons. The number of nitrogens with zero attached hydrogens (tertiary/aromatic N) is 3. The van der Waals surface area contributed by atoms with E-state index in [2.05, 4.69) is 36.5 Å². The van der Waals surface area contributed by atoms with Crippen LogP contribution in [-0.2, 0) is 14.3 Å². The second kappa shape index (κ2) is 14.0. The summed E-state index contributed by atoms with van der Waals surface area (Å²) < 4.78 is 11.9. The normalized spacial score (nSPS) is 14.1. The fourth-order valence-electron chi connectivity index (χ4n) is 4.56. The van der Waals surface area contributed by atoms with Crippen molar-refractivity contribution in [2.24, 2.45) is 5.92 Å². The molecular formula is C29H34BrN5O4. The van der Waals surface area contributed by atoms with Gasteiger partial charge in [0, 0.05) is 34.2 Å². The third-order valence-electron chi connectivity index (χ3n) is 6.59. The van der Waals surface area contributed by atoms with Crippen LogP contribution in [0.5, 0.6) is 5.75 Å². The summed E-state index contributed by atoms with van der Waals surface area (Å²) in [4.78, 5) is 35.4. The van der Waals surface area contributed by atoms with Gasteiger partial charge in [-0.3, -0.25) is 14.5 Å². The van der Waals surface area contributed by atoms with Crippen molar-refractivity contribution in [3.63, 3.8) is 0 Å². The number of fused-ring (bicyclic) bond motifs is 1. The molecule has 39 heavy (non-hydrogen) atoms. The predicted octanol–water partition coefficient (Wildman–Crippen LogP) is 5.69. The Labute approximate surface area is 237 Å². The van der Waals surface area contributed by atoms with Crippen LogP contribution in [0.1, 0.15) is 32.1 Å². The lowest BCUT2D eigenvalue weighted by molar-refractivity contribution is -0.146. The monoisotopic (exact) mass is 595 g/mol. The Balaban J connectivity index is 1.35. The van der Waals surface area contributed by atoms with Gasteiger partial charge in [0.2, 0.25) is 5.91 Å². The van der Waals surface area contributed by atoms with Crippen molar-refractivity contribution >= 4 is 55.9 Å². The number of aromatic nitrogens is 2. The van der Waals surface area contributed by atoms with Gasteiger partial charge in [0.15, 0.2) is 0 Å². The van der Waals surface area contributed by atoms with Gasteiger partial charge in [0.25, 0.3) is 0 Å². The highest BCUT2D eigenvalue weighted by Gasteiger charge is 2.16. The van der Waals surface area contributed by atoms with E-state index in [4.69, 9.17) is 9.47 Å². The molecule has 2 aromatic carbocycles. The maximum atomic E-state index is 12.7. The number of hydrogen-bond acceptors (Lipinski definition) is 8. The molecule has 10 heteroatoms. The second-order valence-electron chi connectivity index (χ2n) is 9.70. The highest BCUT2D eigenvalue weighted by molar-refractivity contribution is 9.10. The van der Waals surface area contributed by atoms with Gasteiger partial charge in [-0.25, -0.2) is 9.97 Å². The van der Waals surface area contributed by atoms with Crippen molar-refractivity contribution in [3.05, 3.63) is 59.4 Å². The minimum Gasteiger partial charge on any atom is -0.494 e. The van der Waals surface area contributed by atoms with Crippen LogP contribution in [0.15, 0.2) is 59.4 Å². The van der Waals surface area contributed by atoms with E-state index in [1.165, 1.54) is 38.8 Å². The molecule has 1 aliphatic carbocycles. The van der Waals surface area contributed by atoms with Crippen molar-refractivity contribution in [3.8, 4) is 5.75 Å². The molecule has 9 nitrogen and oxygen atoms in total. The smallest absolute Gasteiger partial charge is 0.320 e. The second-order valence-corrected chi connectivity index (χ2v) is 10.6. The number of halogens is 1. The van der Waals surface area contributed by atoms with Gasteiger partial charge >= 0.3 is 5.97 Å². The number of carbonyl (C=O) groups excluding carboxylic acids is 2. The minimum absolute atomic E-state index is 0.172. The molecule has 1 amide bonds. The van der Waals surface area contributed by atoms with Gasteiger partial charge in [-0.1, -0.05) is 47.3 Å². The van der Waals surface area contributed by atoms with Crippen LogP contribution in [0.3, 0.4) is 0 Å². The van der Waals surface area contributed by atoms with E-state index >= 15 is 0 Å². The lowest BCUT2D eigenvalue weighted by atomic mass is 9.90. The molecule has 0 atom stereocenters. The lowest BCUT2D eigenvalue weighted by Gasteiger charge is -2.21. The van der Waals surface area contributed by atoms with E-state index in [-0.39, 0.29) is 18.4 Å². The largest absolute Gasteiger partial charge is 0.494 e. The number of likely N-dealkylation sites (N-methyl/N-ethyl adjacent to an activating group) is 1. The van der Waals surface area contributed by atoms with Crippen LogP contribution >= 0.6 is 15.9 Å². The van der Waals surface area contributed by atoms with Crippen molar-refractivity contribution < 1.29 is 19.1 Å². The number of benzene rings is 2. The third-order valence-corrected chi connectivity index (χ3v) is 7.09. The highest BCUT2D eigenvalue weighted by Crippen LogP contribution is 2.33. The van der Waals surface area contributed by atoms with Crippen LogP contribution < -0.4 is 15.4 Å². The third kappa shape index (κ3) is 8.49. The first kappa shape index (κ1) is 28.5. The average molecular weight is 597 g/mol. The number of anilines is 3. The molecule has 2 N–H and O–H groups in total. The first-order chi connectivity index (χ1) is 18.9. The molecule has 1 saturated carbocycles. The van der Waals surface area contributed by atoms with E-state index in [0.717, 1.165) is 28.4 Å².